The van der Waals surface area contributed by atoms with Crippen LogP contribution in [-0.2, 0) is 0 Å². The van der Waals surface area contributed by atoms with Crippen molar-refractivity contribution in [3.63, 3.8) is 0 Å². The number of phenolic OH excluding ortho intramolecular Hbond substituents is 1. The molecule has 1 atom stereocenters. The van der Waals surface area contributed by atoms with Crippen LogP contribution in [0.2, 0.25) is 0 Å². The van der Waals surface area contributed by atoms with E-state index in [4.69, 9.17) is 0 Å². The lowest BCUT2D eigenvalue weighted by molar-refractivity contribution is 0.0515. The highest BCUT2D eigenvalue weighted by atomic mass is 19.1. The normalized spacial score (nSPS) is 18.4. The summed E-state index contributed by atoms with van der Waals surface area (Å²) in [6.07, 6.45) is 0.996. The molecule has 2 N–H and O–H groups in total. The quantitative estimate of drug-likeness (QED) is 0.858. The maximum Gasteiger partial charge on any atom is 0.260 e. The third kappa shape index (κ3) is 2.87. The molecule has 1 unspecified atom stereocenters. The van der Waals surface area contributed by atoms with Crippen LogP contribution in [0.5, 0.6) is 5.75 Å². The lowest BCUT2D eigenvalue weighted by atomic mass is 9.92. The number of hydrogen-bond acceptors (Lipinski definition) is 3. The van der Waals surface area contributed by atoms with Crippen LogP contribution in [0.1, 0.15) is 30.1 Å². The fraction of sp³-hybridized carbons (Fsp3) is 0.500. The molecule has 0 aromatic heterocycles. The molecular formula is C14H18FNO3. The number of carbonyl (C=O) groups excluding carboxylic acids is 1. The number of hydrogen-bond donors (Lipinski definition) is 2. The highest BCUT2D eigenvalue weighted by Gasteiger charge is 2.28. The molecule has 1 heterocycles. The molecule has 104 valence electrons. The zero-order chi connectivity index (χ0) is 14.0. The molecule has 1 aromatic rings. The van der Waals surface area contributed by atoms with Crippen LogP contribution in [0.25, 0.3) is 0 Å². The summed E-state index contributed by atoms with van der Waals surface area (Å²) in [5.41, 5.74) is -0.266. The highest BCUT2D eigenvalue weighted by Crippen LogP contribution is 2.26. The smallest absolute Gasteiger partial charge is 0.260 e. The number of aliphatic hydroxyl groups excluding tert-OH is 1. The summed E-state index contributed by atoms with van der Waals surface area (Å²) in [4.78, 5) is 13.7. The van der Waals surface area contributed by atoms with Gasteiger partial charge in [-0.2, -0.15) is 0 Å². The summed E-state index contributed by atoms with van der Waals surface area (Å²) < 4.78 is 13.6. The molecule has 2 rings (SSSR count). The molecule has 0 spiro atoms. The van der Waals surface area contributed by atoms with Crippen molar-refractivity contribution in [2.75, 3.05) is 13.1 Å². The van der Waals surface area contributed by atoms with E-state index in [-0.39, 0.29) is 23.3 Å². The molecule has 0 radical (unpaired) electrons. The van der Waals surface area contributed by atoms with Crippen LogP contribution in [0.4, 0.5) is 4.39 Å². The first-order valence-electron chi connectivity index (χ1n) is 6.45. The lowest BCUT2D eigenvalue weighted by Crippen LogP contribution is -2.41. The predicted octanol–water partition coefficient (Wildman–Crippen LogP) is 1.76. The molecule has 1 aromatic carbocycles. The standard InChI is InChI=1S/C14H18FNO3/c1-9(17)10-5-7-16(8-6-10)14(19)13-11(15)3-2-4-12(13)18/h2-4,9-10,17-18H,5-8H2,1H3. The second-order valence-corrected chi connectivity index (χ2v) is 5.00. The Morgan fingerprint density at radius 2 is 2.05 bits per heavy atom. The van der Waals surface area contributed by atoms with E-state index in [1.165, 1.54) is 17.0 Å². The van der Waals surface area contributed by atoms with Gasteiger partial charge in [-0.05, 0) is 37.8 Å². The van der Waals surface area contributed by atoms with Gasteiger partial charge in [-0.15, -0.1) is 0 Å². The first-order valence-corrected chi connectivity index (χ1v) is 6.45. The fourth-order valence-corrected chi connectivity index (χ4v) is 2.47. The van der Waals surface area contributed by atoms with Gasteiger partial charge >= 0.3 is 0 Å². The van der Waals surface area contributed by atoms with Crippen molar-refractivity contribution in [2.45, 2.75) is 25.9 Å². The minimum atomic E-state index is -0.706. The number of phenols is 1. The molecule has 1 aliphatic heterocycles. The lowest BCUT2D eigenvalue weighted by Gasteiger charge is -2.33. The van der Waals surface area contributed by atoms with Crippen LogP contribution < -0.4 is 0 Å². The number of piperidine rings is 1. The topological polar surface area (TPSA) is 60.8 Å². The van der Waals surface area contributed by atoms with E-state index < -0.39 is 11.7 Å². The number of rotatable bonds is 2. The summed E-state index contributed by atoms with van der Waals surface area (Å²) in [6, 6.07) is 3.83. The summed E-state index contributed by atoms with van der Waals surface area (Å²) in [7, 11) is 0. The Hall–Kier alpha value is -1.62. The summed E-state index contributed by atoms with van der Waals surface area (Å²) >= 11 is 0. The largest absolute Gasteiger partial charge is 0.507 e. The van der Waals surface area contributed by atoms with Crippen molar-refractivity contribution >= 4 is 5.91 Å². The second kappa shape index (κ2) is 5.57. The van der Waals surface area contributed by atoms with Crippen LogP contribution in [-0.4, -0.2) is 40.2 Å². The molecule has 4 nitrogen and oxygen atoms in total. The predicted molar refractivity (Wildman–Crippen MR) is 68.4 cm³/mol. The van der Waals surface area contributed by atoms with Crippen LogP contribution in [0.15, 0.2) is 18.2 Å². The van der Waals surface area contributed by atoms with E-state index in [9.17, 15) is 19.4 Å². The number of nitrogens with zero attached hydrogens (tertiary/aromatic N) is 1. The van der Waals surface area contributed by atoms with Crippen LogP contribution >= 0.6 is 0 Å². The number of halogens is 1. The summed E-state index contributed by atoms with van der Waals surface area (Å²) in [5.74, 6) is -1.34. The van der Waals surface area contributed by atoms with Crippen molar-refractivity contribution in [1.82, 2.24) is 4.90 Å². The molecule has 5 heteroatoms. The van der Waals surface area contributed by atoms with E-state index >= 15 is 0 Å². The summed E-state index contributed by atoms with van der Waals surface area (Å²) in [6.45, 7) is 2.69. The minimum Gasteiger partial charge on any atom is -0.507 e. The number of likely N-dealkylation sites (tertiary alicyclic amines) is 1. The molecule has 1 saturated heterocycles. The van der Waals surface area contributed by atoms with Gasteiger partial charge in [0, 0.05) is 13.1 Å². The average molecular weight is 267 g/mol. The molecular weight excluding hydrogens is 249 g/mol. The van der Waals surface area contributed by atoms with Gasteiger partial charge < -0.3 is 15.1 Å². The fourth-order valence-electron chi connectivity index (χ4n) is 2.47. The number of aliphatic hydroxyl groups is 1. The summed E-state index contributed by atoms with van der Waals surface area (Å²) in [5, 5.41) is 19.1. The number of aromatic hydroxyl groups is 1. The average Bonchev–Trinajstić information content (AvgIpc) is 2.38. The van der Waals surface area contributed by atoms with E-state index in [0.29, 0.717) is 25.9 Å². The molecule has 1 aliphatic rings. The Kier molecular flexibility index (Phi) is 4.04. The van der Waals surface area contributed by atoms with Crippen molar-refractivity contribution in [1.29, 1.82) is 0 Å². The number of amides is 1. The van der Waals surface area contributed by atoms with Crippen LogP contribution in [0, 0.1) is 11.7 Å². The van der Waals surface area contributed by atoms with Crippen molar-refractivity contribution in [3.05, 3.63) is 29.6 Å². The van der Waals surface area contributed by atoms with E-state index in [1.807, 2.05) is 0 Å². The van der Waals surface area contributed by atoms with Crippen molar-refractivity contribution in [2.24, 2.45) is 5.92 Å². The van der Waals surface area contributed by atoms with Gasteiger partial charge in [0.05, 0.1) is 6.10 Å². The third-order valence-electron chi connectivity index (χ3n) is 3.71. The van der Waals surface area contributed by atoms with Gasteiger partial charge in [0.25, 0.3) is 5.91 Å². The molecule has 1 amide bonds. The van der Waals surface area contributed by atoms with Crippen molar-refractivity contribution < 1.29 is 19.4 Å². The molecule has 1 fully saturated rings. The second-order valence-electron chi connectivity index (χ2n) is 5.00. The van der Waals surface area contributed by atoms with Gasteiger partial charge in [-0.1, -0.05) is 6.07 Å². The van der Waals surface area contributed by atoms with Gasteiger partial charge in [0.15, 0.2) is 0 Å². The highest BCUT2D eigenvalue weighted by molar-refractivity contribution is 5.97. The van der Waals surface area contributed by atoms with Crippen molar-refractivity contribution in [3.8, 4) is 5.75 Å². The minimum absolute atomic E-state index is 0.179. The third-order valence-corrected chi connectivity index (χ3v) is 3.71. The Labute approximate surface area is 111 Å². The van der Waals surface area contributed by atoms with Gasteiger partial charge in [0.1, 0.15) is 17.1 Å². The zero-order valence-corrected chi connectivity index (χ0v) is 10.8. The molecule has 0 saturated carbocycles. The Morgan fingerprint density at radius 3 is 2.58 bits per heavy atom. The molecule has 19 heavy (non-hydrogen) atoms. The maximum absolute atomic E-state index is 13.6. The van der Waals surface area contributed by atoms with Gasteiger partial charge in [-0.25, -0.2) is 4.39 Å². The first-order chi connectivity index (χ1) is 9.00. The monoisotopic (exact) mass is 267 g/mol. The molecule has 0 aliphatic carbocycles. The number of benzene rings is 1. The van der Waals surface area contributed by atoms with E-state index in [0.717, 1.165) is 6.07 Å². The maximum atomic E-state index is 13.6. The SMILES string of the molecule is CC(O)C1CCN(C(=O)c2c(O)cccc2F)CC1. The van der Waals surface area contributed by atoms with E-state index in [1.54, 1.807) is 6.92 Å². The van der Waals surface area contributed by atoms with E-state index in [2.05, 4.69) is 0 Å². The number of carbonyl (C=O) groups is 1. The van der Waals surface area contributed by atoms with Gasteiger partial charge in [0.2, 0.25) is 0 Å². The Balaban J connectivity index is 2.10. The van der Waals surface area contributed by atoms with Crippen LogP contribution in [0.3, 0.4) is 0 Å². The van der Waals surface area contributed by atoms with Gasteiger partial charge in [-0.3, -0.25) is 4.79 Å². The first kappa shape index (κ1) is 13.8. The zero-order valence-electron chi connectivity index (χ0n) is 10.8. The Morgan fingerprint density at radius 1 is 1.42 bits per heavy atom. The molecule has 0 bridgehead atoms. The Bertz CT molecular complexity index is 448.